The molecular formula is C15H12N2O. The fourth-order valence-electron chi connectivity index (χ4n) is 2.21. The summed E-state index contributed by atoms with van der Waals surface area (Å²) in [4.78, 5) is 4.17. The highest BCUT2D eigenvalue weighted by molar-refractivity contribution is 6.08. The van der Waals surface area contributed by atoms with Crippen molar-refractivity contribution in [2.45, 2.75) is 6.92 Å². The van der Waals surface area contributed by atoms with Crippen LogP contribution < -0.4 is 4.74 Å². The van der Waals surface area contributed by atoms with Crippen LogP contribution in [0.15, 0.2) is 36.7 Å². The predicted molar refractivity (Wildman–Crippen MR) is 72.3 cm³/mol. The van der Waals surface area contributed by atoms with Gasteiger partial charge in [-0.05, 0) is 24.3 Å². The van der Waals surface area contributed by atoms with Gasteiger partial charge in [0.1, 0.15) is 11.9 Å². The fraction of sp³-hybridized carbons (Fsp3) is 0.133. The Balaban J connectivity index is 2.31. The zero-order valence-corrected chi connectivity index (χ0v) is 10.3. The first-order valence-electron chi connectivity index (χ1n) is 5.72. The standard InChI is InChI=1S/C15H12N2O/c1-3-8-18-11-4-5-14-13(9-11)12-6-7-16-10-15(12)17(14)2/h4-7,9-10H,1-2H3. The summed E-state index contributed by atoms with van der Waals surface area (Å²) >= 11 is 0. The number of fused-ring (bicyclic) bond motifs is 3. The zero-order chi connectivity index (χ0) is 12.5. The van der Waals surface area contributed by atoms with Gasteiger partial charge in [-0.3, -0.25) is 4.98 Å². The number of hydrogen-bond acceptors (Lipinski definition) is 2. The van der Waals surface area contributed by atoms with Gasteiger partial charge in [0.2, 0.25) is 0 Å². The maximum Gasteiger partial charge on any atom is 0.141 e. The minimum atomic E-state index is 0.765. The van der Waals surface area contributed by atoms with Crippen molar-refractivity contribution in [3.63, 3.8) is 0 Å². The lowest BCUT2D eigenvalue weighted by Crippen LogP contribution is -1.87. The highest BCUT2D eigenvalue weighted by Crippen LogP contribution is 2.30. The quantitative estimate of drug-likeness (QED) is 0.607. The van der Waals surface area contributed by atoms with Crippen LogP contribution in [-0.4, -0.2) is 9.55 Å². The summed E-state index contributed by atoms with van der Waals surface area (Å²) in [5.41, 5.74) is 2.28. The Morgan fingerprint density at radius 3 is 2.89 bits per heavy atom. The second kappa shape index (κ2) is 4.08. The average molecular weight is 236 g/mol. The summed E-state index contributed by atoms with van der Waals surface area (Å²) in [5, 5.41) is 2.34. The first-order chi connectivity index (χ1) is 8.81. The predicted octanol–water partition coefficient (Wildman–Crippen LogP) is 3.09. The van der Waals surface area contributed by atoms with Gasteiger partial charge < -0.3 is 9.30 Å². The molecule has 3 rings (SSSR count). The largest absolute Gasteiger partial charge is 0.408 e. The highest BCUT2D eigenvalue weighted by Gasteiger charge is 2.08. The molecule has 0 saturated heterocycles. The molecule has 0 fully saturated rings. The van der Waals surface area contributed by atoms with E-state index in [4.69, 9.17) is 4.74 Å². The number of aryl methyl sites for hydroxylation is 1. The number of nitrogens with zero attached hydrogens (tertiary/aromatic N) is 2. The van der Waals surface area contributed by atoms with Crippen LogP contribution in [0.2, 0.25) is 0 Å². The van der Waals surface area contributed by atoms with Gasteiger partial charge in [-0.25, -0.2) is 0 Å². The third-order valence-electron chi connectivity index (χ3n) is 3.05. The maximum absolute atomic E-state index is 5.34. The molecule has 0 aliphatic heterocycles. The van der Waals surface area contributed by atoms with E-state index in [1.807, 2.05) is 37.5 Å². The van der Waals surface area contributed by atoms with E-state index < -0.39 is 0 Å². The average Bonchev–Trinajstić information content (AvgIpc) is 2.71. The summed E-state index contributed by atoms with van der Waals surface area (Å²) in [5.74, 6) is 3.48. The van der Waals surface area contributed by atoms with Gasteiger partial charge in [-0.2, -0.15) is 0 Å². The van der Waals surface area contributed by atoms with Gasteiger partial charge >= 0.3 is 0 Å². The van der Waals surface area contributed by atoms with Crippen molar-refractivity contribution in [2.24, 2.45) is 7.05 Å². The number of hydrogen-bond donors (Lipinski definition) is 0. The van der Waals surface area contributed by atoms with E-state index in [1.54, 1.807) is 13.1 Å². The van der Waals surface area contributed by atoms with Crippen LogP contribution in [0.4, 0.5) is 0 Å². The van der Waals surface area contributed by atoms with Gasteiger partial charge in [0.25, 0.3) is 0 Å². The molecule has 0 bridgehead atoms. The van der Waals surface area contributed by atoms with Gasteiger partial charge in [0.15, 0.2) is 0 Å². The molecule has 88 valence electrons. The second-order valence-electron chi connectivity index (χ2n) is 4.08. The monoisotopic (exact) mass is 236 g/mol. The van der Waals surface area contributed by atoms with Gasteiger partial charge in [-0.15, -0.1) is 0 Å². The Kier molecular flexibility index (Phi) is 2.42. The molecule has 0 atom stereocenters. The van der Waals surface area contributed by atoms with Crippen molar-refractivity contribution in [3.05, 3.63) is 36.7 Å². The molecular weight excluding hydrogens is 224 g/mol. The van der Waals surface area contributed by atoms with Crippen molar-refractivity contribution in [3.8, 4) is 17.8 Å². The Morgan fingerprint density at radius 2 is 2.06 bits per heavy atom. The van der Waals surface area contributed by atoms with E-state index in [0.29, 0.717) is 0 Å². The number of ether oxygens (including phenoxy) is 1. The van der Waals surface area contributed by atoms with Crippen LogP contribution in [-0.2, 0) is 7.05 Å². The number of aromatic nitrogens is 2. The molecule has 2 heterocycles. The maximum atomic E-state index is 5.34. The lowest BCUT2D eigenvalue weighted by molar-refractivity contribution is 0.520. The molecule has 0 saturated carbocycles. The van der Waals surface area contributed by atoms with Crippen molar-refractivity contribution in [1.29, 1.82) is 0 Å². The smallest absolute Gasteiger partial charge is 0.141 e. The molecule has 2 aromatic heterocycles. The van der Waals surface area contributed by atoms with Crippen LogP contribution >= 0.6 is 0 Å². The molecule has 0 aliphatic carbocycles. The molecule has 3 heteroatoms. The summed E-state index contributed by atoms with van der Waals surface area (Å²) < 4.78 is 7.47. The van der Waals surface area contributed by atoms with Crippen LogP contribution in [0.5, 0.6) is 5.75 Å². The molecule has 1 aromatic carbocycles. The van der Waals surface area contributed by atoms with E-state index in [-0.39, 0.29) is 0 Å². The molecule has 0 radical (unpaired) electrons. The Morgan fingerprint density at radius 1 is 1.17 bits per heavy atom. The number of rotatable bonds is 1. The minimum Gasteiger partial charge on any atom is -0.408 e. The Hall–Kier alpha value is -2.47. The van der Waals surface area contributed by atoms with Gasteiger partial charge in [0.05, 0.1) is 11.7 Å². The van der Waals surface area contributed by atoms with E-state index in [9.17, 15) is 0 Å². The molecule has 0 unspecified atom stereocenters. The summed E-state index contributed by atoms with van der Waals surface area (Å²) in [6, 6.07) is 8.01. The van der Waals surface area contributed by atoms with Crippen LogP contribution in [0.1, 0.15) is 6.92 Å². The normalized spacial score (nSPS) is 10.3. The zero-order valence-electron chi connectivity index (χ0n) is 10.3. The van der Waals surface area contributed by atoms with Crippen molar-refractivity contribution in [2.75, 3.05) is 0 Å². The summed E-state index contributed by atoms with van der Waals surface area (Å²) in [6.07, 6.45) is 6.30. The molecule has 0 spiro atoms. The summed E-state index contributed by atoms with van der Waals surface area (Å²) in [6.45, 7) is 1.75. The van der Waals surface area contributed by atoms with Gasteiger partial charge in [-0.1, -0.05) is 5.92 Å². The Labute approximate surface area is 105 Å². The highest BCUT2D eigenvalue weighted by atomic mass is 16.5. The lowest BCUT2D eigenvalue weighted by atomic mass is 10.2. The first kappa shape index (κ1) is 10.7. The minimum absolute atomic E-state index is 0.765. The first-order valence-corrected chi connectivity index (χ1v) is 5.72. The van der Waals surface area contributed by atoms with Gasteiger partial charge in [0, 0.05) is 36.5 Å². The molecule has 0 aliphatic rings. The van der Waals surface area contributed by atoms with E-state index >= 15 is 0 Å². The number of benzene rings is 1. The van der Waals surface area contributed by atoms with Crippen molar-refractivity contribution >= 4 is 21.8 Å². The van der Waals surface area contributed by atoms with E-state index in [0.717, 1.165) is 22.2 Å². The molecule has 0 N–H and O–H groups in total. The number of pyridine rings is 1. The third-order valence-corrected chi connectivity index (χ3v) is 3.05. The van der Waals surface area contributed by atoms with Crippen LogP contribution in [0.3, 0.4) is 0 Å². The second-order valence-corrected chi connectivity index (χ2v) is 4.08. The lowest BCUT2D eigenvalue weighted by Gasteiger charge is -1.99. The topological polar surface area (TPSA) is 27.1 Å². The van der Waals surface area contributed by atoms with E-state index in [1.165, 1.54) is 5.39 Å². The summed E-state index contributed by atoms with van der Waals surface area (Å²) in [7, 11) is 2.04. The van der Waals surface area contributed by atoms with Crippen molar-refractivity contribution in [1.82, 2.24) is 9.55 Å². The van der Waals surface area contributed by atoms with Crippen molar-refractivity contribution < 1.29 is 4.74 Å². The Bertz CT molecular complexity index is 790. The van der Waals surface area contributed by atoms with Crippen LogP contribution in [0.25, 0.3) is 21.8 Å². The molecule has 18 heavy (non-hydrogen) atoms. The molecule has 3 aromatic rings. The molecule has 0 amide bonds. The molecule has 3 nitrogen and oxygen atoms in total. The SMILES string of the molecule is CC#COc1ccc2c(c1)c1ccncc1n2C. The van der Waals surface area contributed by atoms with E-state index in [2.05, 4.69) is 21.6 Å². The third kappa shape index (κ3) is 1.51. The fourth-order valence-corrected chi connectivity index (χ4v) is 2.21. The van der Waals surface area contributed by atoms with Crippen LogP contribution in [0, 0.1) is 12.0 Å².